The molecule has 1 aromatic carbocycles. The lowest BCUT2D eigenvalue weighted by atomic mass is 10.1. The molecule has 0 saturated heterocycles. The van der Waals surface area contributed by atoms with E-state index in [1.165, 1.54) is 12.1 Å². The molecule has 0 saturated carbocycles. The van der Waals surface area contributed by atoms with Crippen LogP contribution in [0.25, 0.3) is 0 Å². The molecule has 0 aliphatic carbocycles. The van der Waals surface area contributed by atoms with Crippen molar-refractivity contribution in [3.63, 3.8) is 0 Å². The molecule has 0 atom stereocenters. The van der Waals surface area contributed by atoms with Crippen molar-refractivity contribution < 1.29 is 9.18 Å². The highest BCUT2D eigenvalue weighted by molar-refractivity contribution is 7.07. The Morgan fingerprint density at radius 1 is 1.25 bits per heavy atom. The average molecular weight is 292 g/mol. The second-order valence-corrected chi connectivity index (χ2v) is 5.28. The fourth-order valence-corrected chi connectivity index (χ4v) is 2.48. The standard InChI is InChI=1S/C15H17FN2OS/c16-13-6-4-12(5-7-13)2-1-3-15(19)17-9-8-14-10-20-11-18-14/h4-7,10-11H,1-3,8-9H2,(H,17,19). The van der Waals surface area contributed by atoms with Crippen molar-refractivity contribution >= 4 is 17.2 Å². The van der Waals surface area contributed by atoms with Crippen LogP contribution in [0.3, 0.4) is 0 Å². The largest absolute Gasteiger partial charge is 0.356 e. The Hall–Kier alpha value is -1.75. The number of nitrogens with zero attached hydrogens (tertiary/aromatic N) is 1. The van der Waals surface area contributed by atoms with Gasteiger partial charge in [-0.2, -0.15) is 0 Å². The Labute approximate surface area is 121 Å². The number of benzene rings is 1. The van der Waals surface area contributed by atoms with Gasteiger partial charge in [0.1, 0.15) is 5.82 Å². The number of amides is 1. The van der Waals surface area contributed by atoms with Gasteiger partial charge in [-0.15, -0.1) is 11.3 Å². The molecule has 2 rings (SSSR count). The number of aromatic nitrogens is 1. The van der Waals surface area contributed by atoms with Crippen LogP contribution < -0.4 is 5.32 Å². The zero-order chi connectivity index (χ0) is 14.2. The van der Waals surface area contributed by atoms with Crippen LogP contribution in [-0.4, -0.2) is 17.4 Å². The number of aryl methyl sites for hydroxylation is 1. The average Bonchev–Trinajstić information content (AvgIpc) is 2.94. The molecule has 0 spiro atoms. The van der Waals surface area contributed by atoms with Gasteiger partial charge >= 0.3 is 0 Å². The number of carbonyl (C=O) groups excluding carboxylic acids is 1. The minimum atomic E-state index is -0.228. The van der Waals surface area contributed by atoms with Crippen LogP contribution in [0.5, 0.6) is 0 Å². The SMILES string of the molecule is O=C(CCCc1ccc(F)cc1)NCCc1cscn1. The van der Waals surface area contributed by atoms with Gasteiger partial charge in [0.25, 0.3) is 0 Å². The Bertz CT molecular complexity index is 525. The maximum atomic E-state index is 12.7. The third-order valence-corrected chi connectivity index (χ3v) is 3.60. The van der Waals surface area contributed by atoms with Crippen LogP contribution in [0.1, 0.15) is 24.1 Å². The van der Waals surface area contributed by atoms with E-state index in [4.69, 9.17) is 0 Å². The van der Waals surface area contributed by atoms with Gasteiger partial charge in [0.05, 0.1) is 11.2 Å². The van der Waals surface area contributed by atoms with Crippen molar-refractivity contribution in [1.29, 1.82) is 0 Å². The summed E-state index contributed by atoms with van der Waals surface area (Å²) in [5.74, 6) is -0.170. The first-order valence-corrected chi connectivity index (χ1v) is 7.56. The first-order valence-electron chi connectivity index (χ1n) is 6.62. The second-order valence-electron chi connectivity index (χ2n) is 4.56. The van der Waals surface area contributed by atoms with Gasteiger partial charge in [-0.05, 0) is 30.5 Å². The molecule has 5 heteroatoms. The number of nitrogens with one attached hydrogen (secondary N) is 1. The van der Waals surface area contributed by atoms with Crippen molar-refractivity contribution in [2.45, 2.75) is 25.7 Å². The summed E-state index contributed by atoms with van der Waals surface area (Å²) in [6, 6.07) is 6.41. The van der Waals surface area contributed by atoms with E-state index in [9.17, 15) is 9.18 Å². The summed E-state index contributed by atoms with van der Waals surface area (Å²) in [7, 11) is 0. The Kier molecular flexibility index (Phi) is 5.68. The number of hydrogen-bond acceptors (Lipinski definition) is 3. The lowest BCUT2D eigenvalue weighted by molar-refractivity contribution is -0.121. The zero-order valence-electron chi connectivity index (χ0n) is 11.1. The third kappa shape index (κ3) is 5.09. The fraction of sp³-hybridized carbons (Fsp3) is 0.333. The van der Waals surface area contributed by atoms with E-state index >= 15 is 0 Å². The van der Waals surface area contributed by atoms with Crippen molar-refractivity contribution in [3.8, 4) is 0 Å². The lowest BCUT2D eigenvalue weighted by Crippen LogP contribution is -2.25. The fourth-order valence-electron chi connectivity index (χ4n) is 1.88. The van der Waals surface area contributed by atoms with Gasteiger partial charge in [-0.1, -0.05) is 12.1 Å². The molecule has 0 radical (unpaired) electrons. The first-order chi connectivity index (χ1) is 9.74. The highest BCUT2D eigenvalue weighted by atomic mass is 32.1. The van der Waals surface area contributed by atoms with Crippen LogP contribution in [0.2, 0.25) is 0 Å². The zero-order valence-corrected chi connectivity index (χ0v) is 12.0. The molecule has 1 aromatic heterocycles. The van der Waals surface area contributed by atoms with Crippen LogP contribution in [0.4, 0.5) is 4.39 Å². The quantitative estimate of drug-likeness (QED) is 0.852. The molecular weight excluding hydrogens is 275 g/mol. The highest BCUT2D eigenvalue weighted by Gasteiger charge is 2.02. The van der Waals surface area contributed by atoms with Crippen molar-refractivity contribution in [1.82, 2.24) is 10.3 Å². The number of carbonyl (C=O) groups is 1. The minimum Gasteiger partial charge on any atom is -0.356 e. The van der Waals surface area contributed by atoms with Crippen molar-refractivity contribution in [2.24, 2.45) is 0 Å². The summed E-state index contributed by atoms with van der Waals surface area (Å²) in [5, 5.41) is 4.87. The minimum absolute atomic E-state index is 0.0577. The van der Waals surface area contributed by atoms with Crippen molar-refractivity contribution in [2.75, 3.05) is 6.54 Å². The normalized spacial score (nSPS) is 10.4. The second kappa shape index (κ2) is 7.75. The Morgan fingerprint density at radius 2 is 2.05 bits per heavy atom. The van der Waals surface area contributed by atoms with E-state index in [2.05, 4.69) is 10.3 Å². The molecule has 3 nitrogen and oxygen atoms in total. The molecule has 1 heterocycles. The smallest absolute Gasteiger partial charge is 0.220 e. The molecular formula is C15H17FN2OS. The Morgan fingerprint density at radius 3 is 2.75 bits per heavy atom. The van der Waals surface area contributed by atoms with E-state index < -0.39 is 0 Å². The molecule has 106 valence electrons. The van der Waals surface area contributed by atoms with E-state index in [1.54, 1.807) is 29.0 Å². The number of halogens is 1. The number of thiazole rings is 1. The van der Waals surface area contributed by atoms with E-state index in [-0.39, 0.29) is 11.7 Å². The number of hydrogen-bond donors (Lipinski definition) is 1. The molecule has 0 fully saturated rings. The number of rotatable bonds is 7. The molecule has 2 aromatic rings. The van der Waals surface area contributed by atoms with E-state index in [0.717, 1.165) is 30.5 Å². The Balaban J connectivity index is 1.59. The monoisotopic (exact) mass is 292 g/mol. The summed E-state index contributed by atoms with van der Waals surface area (Å²) in [4.78, 5) is 15.8. The first kappa shape index (κ1) is 14.7. The predicted octanol–water partition coefficient (Wildman–Crippen LogP) is 2.96. The maximum absolute atomic E-state index is 12.7. The van der Waals surface area contributed by atoms with Crippen LogP contribution in [0.15, 0.2) is 35.2 Å². The van der Waals surface area contributed by atoms with E-state index in [0.29, 0.717) is 13.0 Å². The third-order valence-electron chi connectivity index (χ3n) is 2.97. The predicted molar refractivity (Wildman–Crippen MR) is 78.2 cm³/mol. The molecule has 20 heavy (non-hydrogen) atoms. The summed E-state index contributed by atoms with van der Waals surface area (Å²) in [5.41, 5.74) is 3.86. The summed E-state index contributed by atoms with van der Waals surface area (Å²) in [6.45, 7) is 0.624. The molecule has 1 N–H and O–H groups in total. The van der Waals surface area contributed by atoms with Gasteiger partial charge < -0.3 is 5.32 Å². The van der Waals surface area contributed by atoms with Crippen LogP contribution >= 0.6 is 11.3 Å². The van der Waals surface area contributed by atoms with Gasteiger partial charge in [0.2, 0.25) is 5.91 Å². The highest BCUT2D eigenvalue weighted by Crippen LogP contribution is 2.07. The molecule has 1 amide bonds. The lowest BCUT2D eigenvalue weighted by Gasteiger charge is -2.04. The van der Waals surface area contributed by atoms with E-state index in [1.807, 2.05) is 5.38 Å². The summed E-state index contributed by atoms with van der Waals surface area (Å²) < 4.78 is 12.7. The van der Waals surface area contributed by atoms with Gasteiger partial charge in [-0.25, -0.2) is 9.37 Å². The van der Waals surface area contributed by atoms with Gasteiger partial charge in [0.15, 0.2) is 0 Å². The molecule has 0 aliphatic heterocycles. The summed E-state index contributed by atoms with van der Waals surface area (Å²) >= 11 is 1.56. The molecule has 0 aliphatic rings. The summed E-state index contributed by atoms with van der Waals surface area (Å²) in [6.07, 6.45) is 2.83. The maximum Gasteiger partial charge on any atom is 0.220 e. The van der Waals surface area contributed by atoms with Crippen molar-refractivity contribution in [3.05, 3.63) is 52.2 Å². The van der Waals surface area contributed by atoms with Crippen LogP contribution in [-0.2, 0) is 17.6 Å². The topological polar surface area (TPSA) is 42.0 Å². The van der Waals surface area contributed by atoms with Crippen LogP contribution in [0, 0.1) is 5.82 Å². The molecule has 0 bridgehead atoms. The van der Waals surface area contributed by atoms with Gasteiger partial charge in [0, 0.05) is 24.8 Å². The molecule has 0 unspecified atom stereocenters. The van der Waals surface area contributed by atoms with Gasteiger partial charge in [-0.3, -0.25) is 4.79 Å².